The summed E-state index contributed by atoms with van der Waals surface area (Å²) >= 11 is 37.7. The summed E-state index contributed by atoms with van der Waals surface area (Å²) in [6.07, 6.45) is 6.15. The van der Waals surface area contributed by atoms with Gasteiger partial charge in [0, 0.05) is 74.2 Å². The van der Waals surface area contributed by atoms with Crippen molar-refractivity contribution in [2.75, 3.05) is 62.2 Å². The molecule has 0 aromatic heterocycles. The zero-order valence-corrected chi connectivity index (χ0v) is 45.7. The lowest BCUT2D eigenvalue weighted by Gasteiger charge is -2.42. The number of piperidine rings is 4. The first kappa shape index (κ1) is 54.4. The number of likely N-dealkylation sites (tertiary alicyclic amines) is 1. The zero-order valence-electron chi connectivity index (χ0n) is 39.5. The molecule has 4 saturated heterocycles. The topological polar surface area (TPSA) is 114 Å². The van der Waals surface area contributed by atoms with Crippen molar-refractivity contribution in [1.82, 2.24) is 19.7 Å². The van der Waals surface area contributed by atoms with Gasteiger partial charge in [-0.15, -0.1) is 0 Å². The van der Waals surface area contributed by atoms with Gasteiger partial charge in [0.15, 0.2) is 0 Å². The second kappa shape index (κ2) is 25.1. The Balaban J connectivity index is 0.000000194. The maximum atomic E-state index is 13.3. The number of nitrogens with one attached hydrogen (secondary N) is 3. The van der Waals surface area contributed by atoms with E-state index < -0.39 is 20.0 Å². The average Bonchev–Trinajstić information content (AvgIpc) is 3.37. The highest BCUT2D eigenvalue weighted by Gasteiger charge is 2.36. The van der Waals surface area contributed by atoms with Crippen molar-refractivity contribution in [3.63, 3.8) is 0 Å². The fraction of sp³-hybridized carbons (Fsp3) is 0.434. The molecule has 0 saturated carbocycles. The molecular weight excluding hydrogens is 1060 g/mol. The maximum Gasteiger partial charge on any atom is 0.214 e. The minimum absolute atomic E-state index is 0.0674. The van der Waals surface area contributed by atoms with E-state index in [1.807, 2.05) is 91.0 Å². The van der Waals surface area contributed by atoms with E-state index in [2.05, 4.69) is 41.6 Å². The Morgan fingerprint density at radius 1 is 0.493 bits per heavy atom. The van der Waals surface area contributed by atoms with Gasteiger partial charge in [-0.3, -0.25) is 4.90 Å². The van der Waals surface area contributed by atoms with Crippen molar-refractivity contribution < 1.29 is 16.8 Å². The number of nitrogens with zero attached hydrogens (tertiary/aromatic N) is 3. The van der Waals surface area contributed by atoms with Gasteiger partial charge in [-0.1, -0.05) is 112 Å². The standard InChI is InChI=1S/C30H34Cl3N3O2S.C23H28Cl3N3O2S/c31-24-7-10-26(11-8-24)36-21-23(6-13-30(36)28-12-9-25(32)18-29(28)33)19-34-39(37,38)27-14-16-35(17-15-27)20-22-4-2-1-3-5-22;24-17-2-5-19(6-3-17)29-15-16(14-28-32(30,31)20-9-11-27-12-10-20)1-8-23(29)21-7-4-18(25)13-22(21)26/h1-5,7-12,18,23,27,30,34H,6,13-17,19-21H2;2-7,13,16,20,23,27-28H,1,8-12,14-15H2/t23-,30?;16-,23?/m00/s1. The van der Waals surface area contributed by atoms with E-state index in [1.165, 1.54) is 5.56 Å². The molecule has 9 rings (SSSR count). The zero-order chi connectivity index (χ0) is 50.1. The number of halogens is 6. The summed E-state index contributed by atoms with van der Waals surface area (Å²) in [7, 11) is -6.70. The van der Waals surface area contributed by atoms with Crippen LogP contribution in [0.4, 0.5) is 11.4 Å². The fourth-order valence-corrected chi connectivity index (χ4v) is 14.9. The summed E-state index contributed by atoms with van der Waals surface area (Å²) in [6.45, 7) is 6.25. The lowest BCUT2D eigenvalue weighted by molar-refractivity contribution is 0.221. The molecule has 0 aliphatic carbocycles. The Labute approximate surface area is 450 Å². The van der Waals surface area contributed by atoms with E-state index in [0.717, 1.165) is 87.5 Å². The molecule has 4 aliphatic heterocycles. The summed E-state index contributed by atoms with van der Waals surface area (Å²) in [5.41, 5.74) is 5.39. The Hall–Kier alpha value is -2.82. The number of rotatable bonds is 14. The molecule has 0 bridgehead atoms. The van der Waals surface area contributed by atoms with E-state index in [4.69, 9.17) is 69.6 Å². The minimum atomic E-state index is -3.39. The fourth-order valence-electron chi connectivity index (χ4n) is 10.5. The SMILES string of the molecule is O=S(=O)(NC[C@@H]1CCC(c2ccc(Cl)cc2Cl)N(c2ccc(Cl)cc2)C1)C1CCN(Cc2ccccc2)CC1.O=S(=O)(NC[C@@H]1CCC(c2ccc(Cl)cc2Cl)N(c2ccc(Cl)cc2)C1)C1CCNCC1. The predicted octanol–water partition coefficient (Wildman–Crippen LogP) is 12.5. The van der Waals surface area contributed by atoms with Gasteiger partial charge < -0.3 is 15.1 Å². The first-order valence-corrected chi connectivity index (χ1v) is 29.9. The molecule has 0 spiro atoms. The van der Waals surface area contributed by atoms with Gasteiger partial charge in [-0.2, -0.15) is 0 Å². The number of sulfonamides is 2. The largest absolute Gasteiger partial charge is 0.364 e. The molecule has 5 aromatic rings. The third kappa shape index (κ3) is 14.7. The van der Waals surface area contributed by atoms with Crippen LogP contribution in [-0.4, -0.2) is 84.6 Å². The van der Waals surface area contributed by atoms with Crippen molar-refractivity contribution in [2.24, 2.45) is 11.8 Å². The van der Waals surface area contributed by atoms with Crippen LogP contribution >= 0.6 is 69.6 Å². The Morgan fingerprint density at radius 3 is 1.35 bits per heavy atom. The van der Waals surface area contributed by atoms with Gasteiger partial charge >= 0.3 is 0 Å². The molecule has 4 aliphatic rings. The Morgan fingerprint density at radius 2 is 0.915 bits per heavy atom. The van der Waals surface area contributed by atoms with Crippen LogP contribution in [-0.2, 0) is 26.6 Å². The highest BCUT2D eigenvalue weighted by atomic mass is 35.5. The summed E-state index contributed by atoms with van der Waals surface area (Å²) in [6, 6.07) is 37.3. The third-order valence-corrected chi connectivity index (χ3v) is 19.9. The highest BCUT2D eigenvalue weighted by Crippen LogP contribution is 2.42. The molecule has 71 heavy (non-hydrogen) atoms. The summed E-state index contributed by atoms with van der Waals surface area (Å²) in [4.78, 5) is 6.96. The van der Waals surface area contributed by atoms with Crippen molar-refractivity contribution in [3.8, 4) is 0 Å². The molecule has 4 fully saturated rings. The molecule has 5 aromatic carbocycles. The van der Waals surface area contributed by atoms with Gasteiger partial charge in [-0.25, -0.2) is 26.3 Å². The number of benzene rings is 5. The highest BCUT2D eigenvalue weighted by molar-refractivity contribution is 7.90. The van der Waals surface area contributed by atoms with E-state index >= 15 is 0 Å². The second-order valence-electron chi connectivity index (χ2n) is 19.2. The molecule has 0 amide bonds. The van der Waals surface area contributed by atoms with Crippen LogP contribution in [0.5, 0.6) is 0 Å². The van der Waals surface area contributed by atoms with Crippen LogP contribution in [0.3, 0.4) is 0 Å². The first-order valence-electron chi connectivity index (χ1n) is 24.5. The molecule has 4 heterocycles. The van der Waals surface area contributed by atoms with Crippen molar-refractivity contribution in [2.45, 2.75) is 80.5 Å². The lowest BCUT2D eigenvalue weighted by atomic mass is 9.88. The van der Waals surface area contributed by atoms with E-state index in [9.17, 15) is 16.8 Å². The molecule has 2 unspecified atom stereocenters. The normalized spacial score (nSPS) is 21.9. The summed E-state index contributed by atoms with van der Waals surface area (Å²) < 4.78 is 58.0. The molecular formula is C53H62Cl6N6O4S2. The monoisotopic (exact) mass is 1120 g/mol. The number of anilines is 2. The van der Waals surface area contributed by atoms with Crippen LogP contribution < -0.4 is 24.6 Å². The van der Waals surface area contributed by atoms with E-state index in [-0.39, 0.29) is 34.4 Å². The van der Waals surface area contributed by atoms with Crippen LogP contribution in [0.2, 0.25) is 30.1 Å². The minimum Gasteiger partial charge on any atom is -0.364 e. The number of hydrogen-bond donors (Lipinski definition) is 3. The van der Waals surface area contributed by atoms with Gasteiger partial charge in [-0.05, 0) is 179 Å². The van der Waals surface area contributed by atoms with Crippen molar-refractivity contribution >= 4 is 101 Å². The van der Waals surface area contributed by atoms with E-state index in [0.29, 0.717) is 75.5 Å². The Kier molecular flexibility index (Phi) is 19.3. The lowest BCUT2D eigenvalue weighted by Crippen LogP contribution is -2.46. The van der Waals surface area contributed by atoms with Crippen LogP contribution in [0.15, 0.2) is 115 Å². The van der Waals surface area contributed by atoms with Crippen molar-refractivity contribution in [3.05, 3.63) is 162 Å². The van der Waals surface area contributed by atoms with Gasteiger partial charge in [0.1, 0.15) is 0 Å². The molecule has 3 N–H and O–H groups in total. The quantitative estimate of drug-likeness (QED) is 0.101. The third-order valence-electron chi connectivity index (χ3n) is 14.4. The van der Waals surface area contributed by atoms with Crippen molar-refractivity contribution in [1.29, 1.82) is 0 Å². The second-order valence-corrected chi connectivity index (χ2v) is 25.9. The smallest absolute Gasteiger partial charge is 0.214 e. The van der Waals surface area contributed by atoms with Crippen LogP contribution in [0.25, 0.3) is 0 Å². The van der Waals surface area contributed by atoms with Gasteiger partial charge in [0.05, 0.1) is 22.6 Å². The Bertz CT molecular complexity index is 2750. The van der Waals surface area contributed by atoms with E-state index in [1.54, 1.807) is 12.1 Å². The number of hydrogen-bond acceptors (Lipinski definition) is 8. The van der Waals surface area contributed by atoms with Gasteiger partial charge in [0.2, 0.25) is 20.0 Å². The summed E-state index contributed by atoms with van der Waals surface area (Å²) in [5.74, 6) is 0.375. The average molecular weight is 1120 g/mol. The predicted molar refractivity (Wildman–Crippen MR) is 296 cm³/mol. The maximum absolute atomic E-state index is 13.3. The molecule has 4 atom stereocenters. The molecule has 0 radical (unpaired) electrons. The molecule has 10 nitrogen and oxygen atoms in total. The van der Waals surface area contributed by atoms with Gasteiger partial charge in [0.25, 0.3) is 0 Å². The van der Waals surface area contributed by atoms with Crippen LogP contribution in [0, 0.1) is 11.8 Å². The first-order chi connectivity index (χ1) is 34.1. The van der Waals surface area contributed by atoms with Crippen LogP contribution in [0.1, 0.15) is 80.1 Å². The molecule has 18 heteroatoms. The molecule has 382 valence electrons. The summed E-state index contributed by atoms with van der Waals surface area (Å²) in [5, 5.41) is 6.43.